The van der Waals surface area contributed by atoms with Crippen LogP contribution in [-0.4, -0.2) is 12.1 Å². The summed E-state index contributed by atoms with van der Waals surface area (Å²) in [7, 11) is 0. The molecule has 0 bridgehead atoms. The molecule has 1 atom stereocenters. The molecular weight excluding hydrogens is 182 g/mol. The predicted octanol–water partition coefficient (Wildman–Crippen LogP) is 3.74. The topological polar surface area (TPSA) is 12.0 Å². The van der Waals surface area contributed by atoms with E-state index in [0.29, 0.717) is 5.54 Å². The number of rotatable bonds is 4. The highest BCUT2D eigenvalue weighted by Gasteiger charge is 2.36. The summed E-state index contributed by atoms with van der Waals surface area (Å²) in [6.07, 6.45) is 11.7. The summed E-state index contributed by atoms with van der Waals surface area (Å²) in [4.78, 5) is 0. The molecule has 2 fully saturated rings. The Morgan fingerprint density at radius 3 is 2.47 bits per heavy atom. The summed E-state index contributed by atoms with van der Waals surface area (Å²) in [5.74, 6) is 1.88. The minimum Gasteiger partial charge on any atom is -0.311 e. The highest BCUT2D eigenvalue weighted by Crippen LogP contribution is 2.38. The minimum atomic E-state index is 0.531. The van der Waals surface area contributed by atoms with Crippen LogP contribution < -0.4 is 5.32 Å². The Hall–Kier alpha value is -0.0400. The van der Waals surface area contributed by atoms with Crippen molar-refractivity contribution < 1.29 is 0 Å². The average Bonchev–Trinajstić information content (AvgIpc) is 2.76. The molecule has 1 nitrogen and oxygen atoms in total. The molecule has 2 rings (SSSR count). The van der Waals surface area contributed by atoms with Crippen LogP contribution in [0.1, 0.15) is 65.2 Å². The van der Waals surface area contributed by atoms with Crippen LogP contribution in [0.2, 0.25) is 0 Å². The zero-order valence-corrected chi connectivity index (χ0v) is 10.5. The van der Waals surface area contributed by atoms with Crippen LogP contribution in [-0.2, 0) is 0 Å². The maximum Gasteiger partial charge on any atom is 0.0187 e. The largest absolute Gasteiger partial charge is 0.311 e. The van der Waals surface area contributed by atoms with Gasteiger partial charge in [0, 0.05) is 5.54 Å². The van der Waals surface area contributed by atoms with Crippen molar-refractivity contribution in [3.05, 3.63) is 0 Å². The maximum absolute atomic E-state index is 3.83. The Morgan fingerprint density at radius 2 is 1.93 bits per heavy atom. The van der Waals surface area contributed by atoms with E-state index in [1.807, 2.05) is 0 Å². The summed E-state index contributed by atoms with van der Waals surface area (Å²) in [5.41, 5.74) is 0.531. The number of hydrogen-bond acceptors (Lipinski definition) is 1. The molecule has 1 heterocycles. The highest BCUT2D eigenvalue weighted by atomic mass is 15.0. The molecule has 1 saturated heterocycles. The number of hydrogen-bond donors (Lipinski definition) is 1. The Kier molecular flexibility index (Phi) is 3.71. The van der Waals surface area contributed by atoms with Crippen molar-refractivity contribution in [1.29, 1.82) is 0 Å². The zero-order valence-electron chi connectivity index (χ0n) is 10.5. The van der Waals surface area contributed by atoms with Crippen molar-refractivity contribution in [3.8, 4) is 0 Å². The molecule has 0 spiro atoms. The fourth-order valence-electron chi connectivity index (χ4n) is 3.85. The van der Waals surface area contributed by atoms with Gasteiger partial charge < -0.3 is 5.32 Å². The van der Waals surface area contributed by atoms with Crippen LogP contribution >= 0.6 is 0 Å². The first-order chi connectivity index (χ1) is 7.20. The summed E-state index contributed by atoms with van der Waals surface area (Å²) >= 11 is 0. The first kappa shape index (κ1) is 11.4. The Labute approximate surface area is 95.0 Å². The van der Waals surface area contributed by atoms with Gasteiger partial charge in [0.15, 0.2) is 0 Å². The van der Waals surface area contributed by atoms with Crippen LogP contribution in [0.15, 0.2) is 0 Å². The number of nitrogens with one attached hydrogen (secondary N) is 1. The van der Waals surface area contributed by atoms with E-state index in [1.54, 1.807) is 0 Å². The molecule has 1 heteroatoms. The third-order valence-corrected chi connectivity index (χ3v) is 4.29. The Balaban J connectivity index is 1.92. The van der Waals surface area contributed by atoms with Gasteiger partial charge in [-0.15, -0.1) is 0 Å². The molecular formula is C14H27N. The van der Waals surface area contributed by atoms with Gasteiger partial charge in [-0.1, -0.05) is 39.5 Å². The van der Waals surface area contributed by atoms with Gasteiger partial charge in [0.2, 0.25) is 0 Å². The summed E-state index contributed by atoms with van der Waals surface area (Å²) in [6.45, 7) is 6.01. The van der Waals surface area contributed by atoms with E-state index in [1.165, 1.54) is 57.9 Å². The normalized spacial score (nSPS) is 33.0. The molecule has 0 aromatic carbocycles. The third kappa shape index (κ3) is 2.96. The SMILES string of the molecule is CC(C)CC1(CC2CCCC2)CCCN1. The van der Waals surface area contributed by atoms with Crippen LogP contribution in [0.3, 0.4) is 0 Å². The van der Waals surface area contributed by atoms with E-state index in [4.69, 9.17) is 0 Å². The predicted molar refractivity (Wildman–Crippen MR) is 66.0 cm³/mol. The van der Waals surface area contributed by atoms with Crippen molar-refractivity contribution in [2.45, 2.75) is 70.8 Å². The lowest BCUT2D eigenvalue weighted by Gasteiger charge is -2.34. The molecule has 0 radical (unpaired) electrons. The zero-order chi connectivity index (χ0) is 10.7. The van der Waals surface area contributed by atoms with Gasteiger partial charge in [-0.25, -0.2) is 0 Å². The quantitative estimate of drug-likeness (QED) is 0.744. The van der Waals surface area contributed by atoms with Gasteiger partial charge in [0.05, 0.1) is 0 Å². The monoisotopic (exact) mass is 209 g/mol. The lowest BCUT2D eigenvalue weighted by molar-refractivity contribution is 0.240. The minimum absolute atomic E-state index is 0.531. The van der Waals surface area contributed by atoms with Gasteiger partial charge in [-0.3, -0.25) is 0 Å². The van der Waals surface area contributed by atoms with Crippen molar-refractivity contribution in [1.82, 2.24) is 5.32 Å². The van der Waals surface area contributed by atoms with Crippen molar-refractivity contribution in [2.75, 3.05) is 6.54 Å². The van der Waals surface area contributed by atoms with E-state index in [2.05, 4.69) is 19.2 Å². The fraction of sp³-hybridized carbons (Fsp3) is 1.00. The fourth-order valence-corrected chi connectivity index (χ4v) is 3.85. The second kappa shape index (κ2) is 4.86. The van der Waals surface area contributed by atoms with Crippen molar-refractivity contribution in [3.63, 3.8) is 0 Å². The van der Waals surface area contributed by atoms with Gasteiger partial charge in [0.25, 0.3) is 0 Å². The first-order valence-corrected chi connectivity index (χ1v) is 6.95. The second-order valence-corrected chi connectivity index (χ2v) is 6.26. The van der Waals surface area contributed by atoms with E-state index in [0.717, 1.165) is 11.8 Å². The van der Waals surface area contributed by atoms with E-state index >= 15 is 0 Å². The Bertz CT molecular complexity index is 186. The van der Waals surface area contributed by atoms with Crippen LogP contribution in [0, 0.1) is 11.8 Å². The molecule has 15 heavy (non-hydrogen) atoms. The average molecular weight is 209 g/mol. The van der Waals surface area contributed by atoms with Crippen molar-refractivity contribution >= 4 is 0 Å². The molecule has 88 valence electrons. The first-order valence-electron chi connectivity index (χ1n) is 6.95. The van der Waals surface area contributed by atoms with E-state index in [-0.39, 0.29) is 0 Å². The smallest absolute Gasteiger partial charge is 0.0187 e. The maximum atomic E-state index is 3.83. The lowest BCUT2D eigenvalue weighted by atomic mass is 9.79. The molecule has 1 aliphatic heterocycles. The van der Waals surface area contributed by atoms with E-state index < -0.39 is 0 Å². The molecule has 1 saturated carbocycles. The van der Waals surface area contributed by atoms with Gasteiger partial charge in [-0.2, -0.15) is 0 Å². The molecule has 0 aromatic heterocycles. The lowest BCUT2D eigenvalue weighted by Crippen LogP contribution is -2.42. The van der Waals surface area contributed by atoms with Gasteiger partial charge in [-0.05, 0) is 44.1 Å². The Morgan fingerprint density at radius 1 is 1.20 bits per heavy atom. The van der Waals surface area contributed by atoms with E-state index in [9.17, 15) is 0 Å². The summed E-state index contributed by atoms with van der Waals surface area (Å²) in [5, 5.41) is 3.83. The highest BCUT2D eigenvalue weighted by molar-refractivity contribution is 4.95. The molecule has 1 aliphatic carbocycles. The summed E-state index contributed by atoms with van der Waals surface area (Å²) in [6, 6.07) is 0. The molecule has 1 N–H and O–H groups in total. The standard InChI is InChI=1S/C14H27N/c1-12(2)10-14(8-5-9-15-14)11-13-6-3-4-7-13/h12-13,15H,3-11H2,1-2H3. The third-order valence-electron chi connectivity index (χ3n) is 4.29. The van der Waals surface area contributed by atoms with Gasteiger partial charge in [0.1, 0.15) is 0 Å². The molecule has 0 aromatic rings. The molecule has 0 amide bonds. The van der Waals surface area contributed by atoms with Crippen LogP contribution in [0.4, 0.5) is 0 Å². The van der Waals surface area contributed by atoms with Crippen LogP contribution in [0.5, 0.6) is 0 Å². The van der Waals surface area contributed by atoms with Crippen molar-refractivity contribution in [2.24, 2.45) is 11.8 Å². The summed E-state index contributed by atoms with van der Waals surface area (Å²) < 4.78 is 0. The van der Waals surface area contributed by atoms with Crippen LogP contribution in [0.25, 0.3) is 0 Å². The molecule has 1 unspecified atom stereocenters. The molecule has 2 aliphatic rings. The van der Waals surface area contributed by atoms with Gasteiger partial charge >= 0.3 is 0 Å². The second-order valence-electron chi connectivity index (χ2n) is 6.26.